The van der Waals surface area contributed by atoms with Crippen LogP contribution in [0.25, 0.3) is 0 Å². The Balaban J connectivity index is 1.74. The monoisotopic (exact) mass is 352 g/mol. The van der Waals surface area contributed by atoms with Crippen LogP contribution in [0, 0.1) is 5.82 Å². The summed E-state index contributed by atoms with van der Waals surface area (Å²) in [6.45, 7) is 0. The van der Waals surface area contributed by atoms with Crippen molar-refractivity contribution < 1.29 is 9.50 Å². The van der Waals surface area contributed by atoms with Crippen molar-refractivity contribution in [3.8, 4) is 5.75 Å². The third kappa shape index (κ3) is 3.34. The highest BCUT2D eigenvalue weighted by molar-refractivity contribution is 7.10. The molecule has 0 bridgehead atoms. The molecule has 5 heteroatoms. The number of thiophene rings is 1. The minimum atomic E-state index is -0.246. The molecule has 3 aromatic rings. The van der Waals surface area contributed by atoms with Gasteiger partial charge in [-0.15, -0.1) is 11.3 Å². The Labute approximate surface area is 149 Å². The molecular weight excluding hydrogens is 335 g/mol. The lowest BCUT2D eigenvalue weighted by atomic mass is 9.94. The predicted octanol–water partition coefficient (Wildman–Crippen LogP) is 4.82. The third-order valence-corrected chi connectivity index (χ3v) is 5.27. The van der Waals surface area contributed by atoms with Gasteiger partial charge in [0.25, 0.3) is 0 Å². The minimum Gasteiger partial charge on any atom is -0.507 e. The van der Waals surface area contributed by atoms with E-state index in [4.69, 9.17) is 4.99 Å². The van der Waals surface area contributed by atoms with Crippen LogP contribution in [0.5, 0.6) is 5.75 Å². The van der Waals surface area contributed by atoms with Crippen LogP contribution in [-0.4, -0.2) is 10.8 Å². The molecule has 126 valence electrons. The summed E-state index contributed by atoms with van der Waals surface area (Å²) in [5.41, 5.74) is 2.60. The first kappa shape index (κ1) is 16.0. The number of rotatable bonds is 3. The molecule has 2 aromatic carbocycles. The Kier molecular flexibility index (Phi) is 4.34. The fourth-order valence-corrected chi connectivity index (χ4v) is 3.81. The largest absolute Gasteiger partial charge is 0.507 e. The van der Waals surface area contributed by atoms with Crippen molar-refractivity contribution in [1.29, 1.82) is 0 Å². The number of phenolic OH excluding ortho intramolecular Hbond substituents is 1. The Morgan fingerprint density at radius 2 is 1.84 bits per heavy atom. The van der Waals surface area contributed by atoms with Crippen LogP contribution in [0.1, 0.15) is 34.6 Å². The topological polar surface area (TPSA) is 44.6 Å². The zero-order chi connectivity index (χ0) is 17.2. The summed E-state index contributed by atoms with van der Waals surface area (Å²) in [7, 11) is 0. The van der Waals surface area contributed by atoms with Crippen LogP contribution in [-0.2, 0) is 0 Å². The Morgan fingerprint density at radius 1 is 1.04 bits per heavy atom. The Bertz CT molecular complexity index is 890. The van der Waals surface area contributed by atoms with E-state index in [0.717, 1.165) is 21.7 Å². The van der Waals surface area contributed by atoms with Crippen molar-refractivity contribution in [2.24, 2.45) is 4.99 Å². The molecule has 1 aliphatic heterocycles. The quantitative estimate of drug-likeness (QED) is 0.710. The molecule has 1 aliphatic rings. The molecule has 4 rings (SSSR count). The number of nitrogens with zero attached hydrogens (tertiary/aromatic N) is 1. The van der Waals surface area contributed by atoms with Crippen LogP contribution in [0.3, 0.4) is 0 Å². The second-order valence-corrected chi connectivity index (χ2v) is 6.97. The van der Waals surface area contributed by atoms with Gasteiger partial charge in [0.05, 0.1) is 5.71 Å². The molecule has 2 N–H and O–H groups in total. The van der Waals surface area contributed by atoms with Gasteiger partial charge in [0.2, 0.25) is 0 Å². The fourth-order valence-electron chi connectivity index (χ4n) is 3.09. The van der Waals surface area contributed by atoms with Crippen molar-refractivity contribution >= 4 is 17.0 Å². The molecule has 0 unspecified atom stereocenters. The normalized spacial score (nSPS) is 20.3. The van der Waals surface area contributed by atoms with Crippen LogP contribution >= 0.6 is 11.3 Å². The molecule has 0 saturated heterocycles. The zero-order valence-electron chi connectivity index (χ0n) is 13.4. The zero-order valence-corrected chi connectivity index (χ0v) is 14.2. The van der Waals surface area contributed by atoms with Crippen molar-refractivity contribution in [2.45, 2.75) is 18.6 Å². The maximum absolute atomic E-state index is 13.3. The Morgan fingerprint density at radius 3 is 2.56 bits per heavy atom. The van der Waals surface area contributed by atoms with Gasteiger partial charge in [0.1, 0.15) is 17.7 Å². The van der Waals surface area contributed by atoms with Gasteiger partial charge in [-0.3, -0.25) is 10.3 Å². The molecule has 25 heavy (non-hydrogen) atoms. The molecule has 1 aromatic heterocycles. The fraction of sp³-hybridized carbons (Fsp3) is 0.150. The van der Waals surface area contributed by atoms with E-state index in [9.17, 15) is 9.50 Å². The molecule has 0 radical (unpaired) electrons. The van der Waals surface area contributed by atoms with E-state index in [0.29, 0.717) is 6.42 Å². The van der Waals surface area contributed by atoms with Crippen LogP contribution < -0.4 is 5.32 Å². The number of para-hydroxylation sites is 1. The molecule has 0 fully saturated rings. The number of halogens is 1. The first-order chi connectivity index (χ1) is 12.2. The first-order valence-corrected chi connectivity index (χ1v) is 8.98. The summed E-state index contributed by atoms with van der Waals surface area (Å²) in [5.74, 6) is -0.0186. The van der Waals surface area contributed by atoms with Crippen molar-refractivity contribution in [3.05, 3.63) is 87.9 Å². The molecule has 3 nitrogen and oxygen atoms in total. The van der Waals surface area contributed by atoms with E-state index in [-0.39, 0.29) is 23.8 Å². The molecule has 0 aliphatic carbocycles. The number of benzene rings is 2. The molecule has 0 saturated carbocycles. The SMILES string of the molecule is Oc1ccccc1C1=N[C@@H](c2cccs2)N[C@@H](c2ccc(F)cc2)C1. The van der Waals surface area contributed by atoms with E-state index in [2.05, 4.69) is 5.32 Å². The second-order valence-electron chi connectivity index (χ2n) is 5.99. The average Bonchev–Trinajstić information content (AvgIpc) is 3.17. The van der Waals surface area contributed by atoms with Crippen LogP contribution in [0.4, 0.5) is 4.39 Å². The summed E-state index contributed by atoms with van der Waals surface area (Å²) in [5, 5.41) is 15.8. The van der Waals surface area contributed by atoms with Gasteiger partial charge < -0.3 is 5.11 Å². The van der Waals surface area contributed by atoms with E-state index in [1.54, 1.807) is 35.6 Å². The third-order valence-electron chi connectivity index (χ3n) is 4.34. The lowest BCUT2D eigenvalue weighted by Crippen LogP contribution is -2.32. The van der Waals surface area contributed by atoms with Crippen molar-refractivity contribution in [2.75, 3.05) is 0 Å². The number of hydrogen-bond acceptors (Lipinski definition) is 4. The smallest absolute Gasteiger partial charge is 0.135 e. The van der Waals surface area contributed by atoms with E-state index < -0.39 is 0 Å². The molecular formula is C20H17FN2OS. The lowest BCUT2D eigenvalue weighted by Gasteiger charge is -2.30. The molecule has 0 amide bonds. The molecule has 2 heterocycles. The minimum absolute atomic E-state index is 0.000180. The van der Waals surface area contributed by atoms with Gasteiger partial charge >= 0.3 is 0 Å². The summed E-state index contributed by atoms with van der Waals surface area (Å²) < 4.78 is 13.3. The number of hydrogen-bond donors (Lipinski definition) is 2. The van der Waals surface area contributed by atoms with Gasteiger partial charge in [-0.25, -0.2) is 4.39 Å². The highest BCUT2D eigenvalue weighted by Gasteiger charge is 2.27. The lowest BCUT2D eigenvalue weighted by molar-refractivity contribution is 0.443. The summed E-state index contributed by atoms with van der Waals surface area (Å²) >= 11 is 1.64. The highest BCUT2D eigenvalue weighted by Crippen LogP contribution is 2.33. The second kappa shape index (κ2) is 6.78. The number of phenols is 1. The number of aliphatic imine (C=N–C) groups is 1. The predicted molar refractivity (Wildman–Crippen MR) is 98.6 cm³/mol. The first-order valence-electron chi connectivity index (χ1n) is 8.10. The Hall–Kier alpha value is -2.50. The average molecular weight is 352 g/mol. The highest BCUT2D eigenvalue weighted by atomic mass is 32.1. The molecule has 2 atom stereocenters. The van der Waals surface area contributed by atoms with Gasteiger partial charge in [-0.05, 0) is 41.3 Å². The van der Waals surface area contributed by atoms with E-state index in [1.165, 1.54) is 12.1 Å². The van der Waals surface area contributed by atoms with Crippen molar-refractivity contribution in [3.63, 3.8) is 0 Å². The van der Waals surface area contributed by atoms with Gasteiger partial charge in [-0.2, -0.15) is 0 Å². The maximum Gasteiger partial charge on any atom is 0.135 e. The maximum atomic E-state index is 13.3. The summed E-state index contributed by atoms with van der Waals surface area (Å²) in [6.07, 6.45) is 0.448. The van der Waals surface area contributed by atoms with Crippen LogP contribution in [0.15, 0.2) is 71.0 Å². The van der Waals surface area contributed by atoms with Gasteiger partial charge in [0, 0.05) is 22.9 Å². The van der Waals surface area contributed by atoms with Crippen LogP contribution in [0.2, 0.25) is 0 Å². The van der Waals surface area contributed by atoms with Crippen molar-refractivity contribution in [1.82, 2.24) is 5.32 Å². The van der Waals surface area contributed by atoms with Gasteiger partial charge in [-0.1, -0.05) is 30.3 Å². The molecule has 0 spiro atoms. The summed E-state index contributed by atoms with van der Waals surface area (Å²) in [4.78, 5) is 5.94. The van der Waals surface area contributed by atoms with E-state index >= 15 is 0 Å². The number of aromatic hydroxyl groups is 1. The van der Waals surface area contributed by atoms with Gasteiger partial charge in [0.15, 0.2) is 0 Å². The van der Waals surface area contributed by atoms with E-state index in [1.807, 2.05) is 29.6 Å². The number of nitrogens with one attached hydrogen (secondary N) is 1. The standard InChI is InChI=1S/C20H17FN2OS/c21-14-9-7-13(8-10-14)16-12-17(15-4-1-2-5-18(15)24)23-20(22-16)19-6-3-11-25-19/h1-11,16,20,22,24H,12H2/t16-,20+/m1/s1. The summed E-state index contributed by atoms with van der Waals surface area (Å²) in [6, 6.07) is 17.8.